The van der Waals surface area contributed by atoms with Gasteiger partial charge in [-0.3, -0.25) is 14.8 Å². The lowest BCUT2D eigenvalue weighted by molar-refractivity contribution is -0.128. The van der Waals surface area contributed by atoms with Crippen LogP contribution in [0.25, 0.3) is 16.7 Å². The van der Waals surface area contributed by atoms with E-state index in [2.05, 4.69) is 21.5 Å². The van der Waals surface area contributed by atoms with Gasteiger partial charge in [0.25, 0.3) is 0 Å². The van der Waals surface area contributed by atoms with Gasteiger partial charge in [0.05, 0.1) is 17.7 Å². The molecule has 5 heterocycles. The zero-order valence-electron chi connectivity index (χ0n) is 24.2. The van der Waals surface area contributed by atoms with Gasteiger partial charge in [0, 0.05) is 49.3 Å². The molecule has 0 unspecified atom stereocenters. The van der Waals surface area contributed by atoms with E-state index in [0.717, 1.165) is 5.01 Å². The van der Waals surface area contributed by atoms with E-state index in [0.29, 0.717) is 60.8 Å². The van der Waals surface area contributed by atoms with Crippen LogP contribution < -0.4 is 31.9 Å². The van der Waals surface area contributed by atoms with E-state index < -0.39 is 11.5 Å². The second-order valence-corrected chi connectivity index (χ2v) is 11.0. The summed E-state index contributed by atoms with van der Waals surface area (Å²) in [6.07, 6.45) is 5.33. The molecule has 0 aromatic carbocycles. The van der Waals surface area contributed by atoms with Gasteiger partial charge in [-0.25, -0.2) is 24.6 Å². The normalized spacial score (nSPS) is 20.7. The summed E-state index contributed by atoms with van der Waals surface area (Å²) < 4.78 is 23.3. The number of nitrogens with two attached hydrogens (primary N) is 2. The highest BCUT2D eigenvalue weighted by molar-refractivity contribution is 5.91. The molecule has 1 fully saturated rings. The Labute approximate surface area is 243 Å². The summed E-state index contributed by atoms with van der Waals surface area (Å²) in [7, 11) is 0. The second-order valence-electron chi connectivity index (χ2n) is 11.0. The summed E-state index contributed by atoms with van der Waals surface area (Å²) in [4.78, 5) is 43.8. The molecule has 1 saturated heterocycles. The smallest absolute Gasteiger partial charge is 0.356 e. The number of ether oxygens (including phenoxy) is 1. The molecule has 13 heteroatoms. The number of pyridine rings is 2. The van der Waals surface area contributed by atoms with E-state index in [1.807, 2.05) is 32.6 Å². The molecule has 0 radical (unpaired) electrons. The van der Waals surface area contributed by atoms with Gasteiger partial charge in [-0.2, -0.15) is 4.98 Å². The molecule has 0 aliphatic carbocycles. The van der Waals surface area contributed by atoms with Crippen LogP contribution in [0.15, 0.2) is 47.7 Å². The Morgan fingerprint density at radius 1 is 1.21 bits per heavy atom. The van der Waals surface area contributed by atoms with Crippen LogP contribution in [0.5, 0.6) is 5.75 Å². The molecule has 3 aromatic heterocycles. The summed E-state index contributed by atoms with van der Waals surface area (Å²) in [6.45, 7) is 12.4. The molecule has 222 valence electrons. The summed E-state index contributed by atoms with van der Waals surface area (Å²) >= 11 is 0. The molecule has 2 aliphatic heterocycles. The largest absolute Gasteiger partial charge is 0.491 e. The third kappa shape index (κ3) is 5.15. The first-order valence-corrected chi connectivity index (χ1v) is 14.0. The Kier molecular flexibility index (Phi) is 7.87. The van der Waals surface area contributed by atoms with Gasteiger partial charge in [-0.15, -0.1) is 0 Å². The number of hydrogen-bond donors (Lipinski definition) is 2. The molecular formula is C29H36FN9O3. The predicted molar refractivity (Wildman–Crippen MR) is 159 cm³/mol. The number of fused-ring (bicyclic) bond motifs is 3. The van der Waals surface area contributed by atoms with E-state index in [1.165, 1.54) is 22.9 Å². The number of piperazine rings is 1. The lowest BCUT2D eigenvalue weighted by Crippen LogP contribution is -2.58. The number of allylic oxidation sites excluding steroid dienone is 1. The SMILES string of the molecule is C=CC(=O)N1C[C@H](C)N(c2nc(=O)n3c4nc(c(F)cc24)N(N)/C=C(\N)CCCOc2ccnc(C(C)C)c2-3)C[C@H]1C. The van der Waals surface area contributed by atoms with Crippen LogP contribution in [0.3, 0.4) is 0 Å². The molecule has 1 amide bonds. The number of amides is 1. The Morgan fingerprint density at radius 2 is 1.98 bits per heavy atom. The van der Waals surface area contributed by atoms with Crippen molar-refractivity contribution in [3.05, 3.63) is 64.9 Å². The van der Waals surface area contributed by atoms with E-state index in [4.69, 9.17) is 16.3 Å². The minimum absolute atomic E-state index is 0.0968. The van der Waals surface area contributed by atoms with Crippen molar-refractivity contribution in [3.63, 3.8) is 0 Å². The average molecular weight is 578 g/mol. The number of hydrazine groups is 1. The van der Waals surface area contributed by atoms with Crippen LogP contribution in [-0.4, -0.2) is 62.1 Å². The third-order valence-electron chi connectivity index (χ3n) is 7.60. The Hall–Kier alpha value is -4.52. The zero-order chi connectivity index (χ0) is 30.3. The fourth-order valence-corrected chi connectivity index (χ4v) is 5.52. The van der Waals surface area contributed by atoms with Gasteiger partial charge < -0.3 is 20.3 Å². The number of anilines is 2. The van der Waals surface area contributed by atoms with E-state index in [9.17, 15) is 9.59 Å². The first kappa shape index (κ1) is 29.0. The number of aromatic nitrogens is 4. The minimum Gasteiger partial charge on any atom is -0.491 e. The lowest BCUT2D eigenvalue weighted by Gasteiger charge is -2.44. The molecule has 3 aromatic rings. The summed E-state index contributed by atoms with van der Waals surface area (Å²) in [5.41, 5.74) is 7.05. The van der Waals surface area contributed by atoms with Gasteiger partial charge in [0.15, 0.2) is 17.3 Å². The van der Waals surface area contributed by atoms with Crippen molar-refractivity contribution in [2.75, 3.05) is 29.6 Å². The standard InChI is InChI=1S/C29H36FN9O3/c1-6-23(40)36-13-18(5)37(14-17(36)4)26-20-12-21(30)28-34-27(20)39(29(41)35-26)25-22(9-10-33-24(25)16(2)3)42-11-7-8-19(31)15-38(28)32/h6,9-10,12,15-18H,1,7-8,11,13-14,31-32H2,2-5H3/b19-15-/t17-,18+/m1/s1. The molecule has 2 aliphatic rings. The van der Waals surface area contributed by atoms with Crippen LogP contribution in [-0.2, 0) is 4.79 Å². The molecule has 0 spiro atoms. The van der Waals surface area contributed by atoms with Gasteiger partial charge in [-0.1, -0.05) is 20.4 Å². The van der Waals surface area contributed by atoms with Crippen molar-refractivity contribution in [1.29, 1.82) is 0 Å². The Bertz CT molecular complexity index is 1640. The number of carbonyl (C=O) groups excluding carboxylic acids is 1. The first-order chi connectivity index (χ1) is 20.0. The molecule has 12 nitrogen and oxygen atoms in total. The van der Waals surface area contributed by atoms with Gasteiger partial charge in [0.2, 0.25) is 5.91 Å². The van der Waals surface area contributed by atoms with Crippen molar-refractivity contribution >= 4 is 28.6 Å². The Balaban J connectivity index is 1.82. The fraction of sp³-hybridized carbons (Fsp3) is 0.414. The van der Waals surface area contributed by atoms with E-state index >= 15 is 4.39 Å². The van der Waals surface area contributed by atoms with Gasteiger partial charge in [0.1, 0.15) is 17.3 Å². The summed E-state index contributed by atoms with van der Waals surface area (Å²) in [6, 6.07) is 2.50. The van der Waals surface area contributed by atoms with Crippen LogP contribution in [0.2, 0.25) is 0 Å². The summed E-state index contributed by atoms with van der Waals surface area (Å²) in [5.74, 6) is 5.70. The topological polar surface area (TPSA) is 149 Å². The van der Waals surface area contributed by atoms with E-state index in [-0.39, 0.29) is 41.2 Å². The number of hydrogen-bond acceptors (Lipinski definition) is 10. The third-order valence-corrected chi connectivity index (χ3v) is 7.60. The molecule has 2 bridgehead atoms. The highest BCUT2D eigenvalue weighted by atomic mass is 19.1. The van der Waals surface area contributed by atoms with E-state index in [1.54, 1.807) is 17.2 Å². The maximum Gasteiger partial charge on any atom is 0.356 e. The minimum atomic E-state index is -0.718. The molecule has 42 heavy (non-hydrogen) atoms. The van der Waals surface area contributed by atoms with Crippen LogP contribution in [0.4, 0.5) is 16.0 Å². The summed E-state index contributed by atoms with van der Waals surface area (Å²) in [5, 5.41) is 1.32. The Morgan fingerprint density at radius 3 is 2.69 bits per heavy atom. The maximum atomic E-state index is 15.8. The van der Waals surface area contributed by atoms with Crippen LogP contribution in [0, 0.1) is 5.82 Å². The van der Waals surface area contributed by atoms with Crippen molar-refractivity contribution in [3.8, 4) is 11.4 Å². The fourth-order valence-electron chi connectivity index (χ4n) is 5.52. The monoisotopic (exact) mass is 577 g/mol. The van der Waals surface area contributed by atoms with Crippen LogP contribution in [0.1, 0.15) is 52.1 Å². The molecule has 2 atom stereocenters. The van der Waals surface area contributed by atoms with Crippen molar-refractivity contribution < 1.29 is 13.9 Å². The molecular weight excluding hydrogens is 541 g/mol. The molecule has 4 N–H and O–H groups in total. The number of halogens is 1. The maximum absolute atomic E-state index is 15.8. The number of rotatable bonds is 3. The first-order valence-electron chi connectivity index (χ1n) is 14.0. The van der Waals surface area contributed by atoms with Crippen molar-refractivity contribution in [2.24, 2.45) is 11.6 Å². The lowest BCUT2D eigenvalue weighted by atomic mass is 10.1. The zero-order valence-corrected chi connectivity index (χ0v) is 24.2. The van der Waals surface area contributed by atoms with Gasteiger partial charge in [-0.05, 0) is 44.7 Å². The average Bonchev–Trinajstić information content (AvgIpc) is 2.95. The molecule has 0 saturated carbocycles. The number of nitrogens with zero attached hydrogens (tertiary/aromatic N) is 7. The van der Waals surface area contributed by atoms with Crippen LogP contribution >= 0.6 is 0 Å². The predicted octanol–water partition coefficient (Wildman–Crippen LogP) is 2.70. The quantitative estimate of drug-likeness (QED) is 0.352. The van der Waals surface area contributed by atoms with Gasteiger partial charge >= 0.3 is 5.69 Å². The van der Waals surface area contributed by atoms with Crippen molar-refractivity contribution in [2.45, 2.75) is 58.5 Å². The van der Waals surface area contributed by atoms with Crippen molar-refractivity contribution in [1.82, 2.24) is 24.4 Å². The highest BCUT2D eigenvalue weighted by Crippen LogP contribution is 2.35. The highest BCUT2D eigenvalue weighted by Gasteiger charge is 2.34. The second kappa shape index (κ2) is 11.4. The number of carbonyl (C=O) groups is 1. The molecule has 5 rings (SSSR count).